The zero-order valence-electron chi connectivity index (χ0n) is 12.2. The molecule has 116 valence electrons. The average molecular weight is 294 g/mol. The molecule has 21 heavy (non-hydrogen) atoms. The summed E-state index contributed by atoms with van der Waals surface area (Å²) in [6, 6.07) is 5.08. The molecule has 1 heterocycles. The lowest BCUT2D eigenvalue weighted by atomic mass is 9.93. The van der Waals surface area contributed by atoms with E-state index in [2.05, 4.69) is 0 Å². The number of nitrogens with zero attached hydrogens (tertiary/aromatic N) is 1. The predicted molar refractivity (Wildman–Crippen MR) is 79.2 cm³/mol. The molecule has 0 atom stereocenters. The summed E-state index contributed by atoms with van der Waals surface area (Å²) in [6.45, 7) is 2.02. The minimum absolute atomic E-state index is 0.142. The maximum absolute atomic E-state index is 11.3. The fraction of sp³-hybridized carbons (Fsp3) is 0.533. The van der Waals surface area contributed by atoms with Crippen LogP contribution in [0.3, 0.4) is 0 Å². The molecular formula is C15H22N2O4. The number of benzene rings is 1. The molecule has 0 spiro atoms. The summed E-state index contributed by atoms with van der Waals surface area (Å²) in [5.74, 6) is -1.03. The van der Waals surface area contributed by atoms with Crippen molar-refractivity contribution in [2.75, 3.05) is 32.5 Å². The van der Waals surface area contributed by atoms with Crippen molar-refractivity contribution in [3.05, 3.63) is 29.3 Å². The summed E-state index contributed by atoms with van der Waals surface area (Å²) in [4.78, 5) is 13.2. The molecule has 6 heteroatoms. The monoisotopic (exact) mass is 294 g/mol. The van der Waals surface area contributed by atoms with Crippen LogP contribution >= 0.6 is 0 Å². The first kappa shape index (κ1) is 15.8. The van der Waals surface area contributed by atoms with Crippen LogP contribution in [0.25, 0.3) is 0 Å². The van der Waals surface area contributed by atoms with Crippen molar-refractivity contribution in [1.82, 2.24) is 4.90 Å². The molecule has 0 amide bonds. The van der Waals surface area contributed by atoms with E-state index in [9.17, 15) is 15.0 Å². The van der Waals surface area contributed by atoms with Gasteiger partial charge in [-0.2, -0.15) is 0 Å². The van der Waals surface area contributed by atoms with Gasteiger partial charge in [-0.1, -0.05) is 12.1 Å². The van der Waals surface area contributed by atoms with Crippen molar-refractivity contribution in [3.8, 4) is 0 Å². The Labute approximate surface area is 124 Å². The molecule has 0 radical (unpaired) electrons. The van der Waals surface area contributed by atoms with Gasteiger partial charge in [0.15, 0.2) is 0 Å². The summed E-state index contributed by atoms with van der Waals surface area (Å²) in [6.07, 6.45) is 1.19. The van der Waals surface area contributed by atoms with Crippen molar-refractivity contribution in [2.24, 2.45) is 0 Å². The highest BCUT2D eigenvalue weighted by Gasteiger charge is 2.31. The summed E-state index contributed by atoms with van der Waals surface area (Å²) in [5, 5.41) is 19.8. The van der Waals surface area contributed by atoms with Crippen LogP contribution < -0.4 is 5.73 Å². The highest BCUT2D eigenvalue weighted by Crippen LogP contribution is 2.23. The molecule has 0 bridgehead atoms. The molecule has 1 saturated heterocycles. The SMILES string of the molecule is CN(Cc1cccc(N)c1C(=O)O)CC1(O)CCOCC1. The zero-order chi connectivity index (χ0) is 15.5. The molecule has 2 rings (SSSR count). The van der Waals surface area contributed by atoms with E-state index in [-0.39, 0.29) is 11.3 Å². The van der Waals surface area contributed by atoms with Gasteiger partial charge >= 0.3 is 5.97 Å². The second kappa shape index (κ2) is 6.43. The number of carboxylic acids is 1. The number of aromatic carboxylic acids is 1. The highest BCUT2D eigenvalue weighted by molar-refractivity contribution is 5.95. The van der Waals surface area contributed by atoms with Gasteiger partial charge in [0.1, 0.15) is 0 Å². The Balaban J connectivity index is 2.07. The second-order valence-corrected chi connectivity index (χ2v) is 5.70. The summed E-state index contributed by atoms with van der Waals surface area (Å²) in [5.41, 5.74) is 6.03. The summed E-state index contributed by atoms with van der Waals surface area (Å²) in [7, 11) is 1.86. The van der Waals surface area contributed by atoms with E-state index in [0.29, 0.717) is 44.7 Å². The Morgan fingerprint density at radius 2 is 2.10 bits per heavy atom. The van der Waals surface area contributed by atoms with Crippen LogP contribution in [0.2, 0.25) is 0 Å². The number of carbonyl (C=O) groups is 1. The number of hydrogen-bond donors (Lipinski definition) is 3. The van der Waals surface area contributed by atoms with Crippen molar-refractivity contribution in [1.29, 1.82) is 0 Å². The smallest absolute Gasteiger partial charge is 0.338 e. The van der Waals surface area contributed by atoms with E-state index in [1.807, 2.05) is 11.9 Å². The Bertz CT molecular complexity index is 512. The lowest BCUT2D eigenvalue weighted by molar-refractivity contribution is -0.0777. The van der Waals surface area contributed by atoms with Gasteiger partial charge < -0.3 is 20.7 Å². The first-order valence-electron chi connectivity index (χ1n) is 7.01. The summed E-state index contributed by atoms with van der Waals surface area (Å²) < 4.78 is 5.26. The van der Waals surface area contributed by atoms with E-state index >= 15 is 0 Å². The fourth-order valence-electron chi connectivity index (χ4n) is 2.77. The van der Waals surface area contributed by atoms with Crippen molar-refractivity contribution < 1.29 is 19.7 Å². The molecule has 1 aliphatic rings. The van der Waals surface area contributed by atoms with E-state index < -0.39 is 11.6 Å². The molecule has 0 saturated carbocycles. The molecule has 0 aliphatic carbocycles. The quantitative estimate of drug-likeness (QED) is 0.699. The Kier molecular flexibility index (Phi) is 4.82. The van der Waals surface area contributed by atoms with Gasteiger partial charge in [0, 0.05) is 44.8 Å². The topological polar surface area (TPSA) is 96.0 Å². The van der Waals surface area contributed by atoms with E-state index in [4.69, 9.17) is 10.5 Å². The molecular weight excluding hydrogens is 272 g/mol. The van der Waals surface area contributed by atoms with Crippen molar-refractivity contribution in [3.63, 3.8) is 0 Å². The lowest BCUT2D eigenvalue weighted by Gasteiger charge is -2.35. The number of aliphatic hydroxyl groups is 1. The van der Waals surface area contributed by atoms with Gasteiger partial charge in [-0.15, -0.1) is 0 Å². The lowest BCUT2D eigenvalue weighted by Crippen LogP contribution is -2.45. The van der Waals surface area contributed by atoms with Crippen LogP contribution in [0.4, 0.5) is 5.69 Å². The third-order valence-corrected chi connectivity index (χ3v) is 3.82. The highest BCUT2D eigenvalue weighted by atomic mass is 16.5. The Morgan fingerprint density at radius 3 is 2.71 bits per heavy atom. The largest absolute Gasteiger partial charge is 0.478 e. The fourth-order valence-corrected chi connectivity index (χ4v) is 2.77. The maximum Gasteiger partial charge on any atom is 0.338 e. The van der Waals surface area contributed by atoms with Gasteiger partial charge in [0.25, 0.3) is 0 Å². The van der Waals surface area contributed by atoms with Gasteiger partial charge in [-0.25, -0.2) is 4.79 Å². The van der Waals surface area contributed by atoms with Crippen LogP contribution in [0, 0.1) is 0 Å². The molecule has 1 fully saturated rings. The van der Waals surface area contributed by atoms with Crippen LogP contribution in [-0.4, -0.2) is 53.5 Å². The summed E-state index contributed by atoms with van der Waals surface area (Å²) >= 11 is 0. The number of nitrogen functional groups attached to an aromatic ring is 1. The third kappa shape index (κ3) is 3.93. The van der Waals surface area contributed by atoms with Crippen LogP contribution in [0.15, 0.2) is 18.2 Å². The first-order valence-corrected chi connectivity index (χ1v) is 7.01. The van der Waals surface area contributed by atoms with Crippen LogP contribution in [0.1, 0.15) is 28.8 Å². The number of rotatable bonds is 5. The normalized spacial score (nSPS) is 17.9. The van der Waals surface area contributed by atoms with Crippen molar-refractivity contribution >= 4 is 11.7 Å². The molecule has 6 nitrogen and oxygen atoms in total. The number of ether oxygens (including phenoxy) is 1. The van der Waals surface area contributed by atoms with E-state index in [1.165, 1.54) is 0 Å². The minimum atomic E-state index is -1.03. The first-order chi connectivity index (χ1) is 9.91. The molecule has 1 aromatic carbocycles. The average Bonchev–Trinajstić information content (AvgIpc) is 2.38. The van der Waals surface area contributed by atoms with Gasteiger partial charge in [-0.05, 0) is 18.7 Å². The number of hydrogen-bond acceptors (Lipinski definition) is 5. The number of carboxylic acid groups (broad SMARTS) is 1. The van der Waals surface area contributed by atoms with Crippen LogP contribution in [-0.2, 0) is 11.3 Å². The van der Waals surface area contributed by atoms with E-state index in [0.717, 1.165) is 0 Å². The standard InChI is InChI=1S/C15H22N2O4/c1-17(10-15(20)5-7-21-8-6-15)9-11-3-2-4-12(16)13(11)14(18)19/h2-4,20H,5-10,16H2,1H3,(H,18,19). The zero-order valence-corrected chi connectivity index (χ0v) is 12.2. The van der Waals surface area contributed by atoms with Gasteiger partial charge in [-0.3, -0.25) is 4.90 Å². The molecule has 1 aromatic rings. The third-order valence-electron chi connectivity index (χ3n) is 3.82. The second-order valence-electron chi connectivity index (χ2n) is 5.70. The maximum atomic E-state index is 11.3. The van der Waals surface area contributed by atoms with Crippen molar-refractivity contribution in [2.45, 2.75) is 25.0 Å². The van der Waals surface area contributed by atoms with Gasteiger partial charge in [0.2, 0.25) is 0 Å². The van der Waals surface area contributed by atoms with Gasteiger partial charge in [0.05, 0.1) is 11.2 Å². The Morgan fingerprint density at radius 1 is 1.43 bits per heavy atom. The molecule has 1 aliphatic heterocycles. The number of likely N-dealkylation sites (N-methyl/N-ethyl adjacent to an activating group) is 1. The molecule has 0 unspecified atom stereocenters. The van der Waals surface area contributed by atoms with Crippen LogP contribution in [0.5, 0.6) is 0 Å². The van der Waals surface area contributed by atoms with E-state index in [1.54, 1.807) is 18.2 Å². The number of anilines is 1. The number of nitrogens with two attached hydrogens (primary N) is 1. The predicted octanol–water partition coefficient (Wildman–Crippen LogP) is 0.940. The minimum Gasteiger partial charge on any atom is -0.478 e. The molecule has 0 aromatic heterocycles. The Hall–Kier alpha value is -1.63. The molecule has 4 N–H and O–H groups in total.